The summed E-state index contributed by atoms with van der Waals surface area (Å²) < 4.78 is 11.1. The highest BCUT2D eigenvalue weighted by molar-refractivity contribution is 5.75. The summed E-state index contributed by atoms with van der Waals surface area (Å²) in [6.45, 7) is 6.43. The number of hydrogen-bond donors (Lipinski definition) is 0. The van der Waals surface area contributed by atoms with Crippen molar-refractivity contribution < 1.29 is 14.3 Å². The SMILES string of the molecule is CCC(COC)Oc1ccc(C#Cc2ccc(CC(C)CC(C)=O)cc2)cc1. The molecule has 0 bridgehead atoms. The zero-order chi connectivity index (χ0) is 20.4. The van der Waals surface area contributed by atoms with Crippen LogP contribution in [-0.2, 0) is 16.0 Å². The van der Waals surface area contributed by atoms with Crippen molar-refractivity contribution >= 4 is 5.78 Å². The van der Waals surface area contributed by atoms with Crippen LogP contribution in [0.25, 0.3) is 0 Å². The van der Waals surface area contributed by atoms with E-state index in [9.17, 15) is 4.79 Å². The Bertz CT molecular complexity index is 794. The van der Waals surface area contributed by atoms with Crippen LogP contribution in [0.2, 0.25) is 0 Å². The maximum atomic E-state index is 11.2. The van der Waals surface area contributed by atoms with Gasteiger partial charge < -0.3 is 14.3 Å². The van der Waals surface area contributed by atoms with Crippen molar-refractivity contribution in [1.82, 2.24) is 0 Å². The zero-order valence-corrected chi connectivity index (χ0v) is 17.3. The molecule has 2 atom stereocenters. The number of methoxy groups -OCH3 is 1. The first-order chi connectivity index (χ1) is 13.5. The van der Waals surface area contributed by atoms with Gasteiger partial charge in [-0.15, -0.1) is 0 Å². The molecule has 2 aromatic rings. The number of hydrogen-bond acceptors (Lipinski definition) is 3. The molecule has 148 valence electrons. The Morgan fingerprint density at radius 2 is 1.57 bits per heavy atom. The van der Waals surface area contributed by atoms with E-state index in [0.717, 1.165) is 29.7 Å². The molecule has 0 aliphatic carbocycles. The van der Waals surface area contributed by atoms with Gasteiger partial charge >= 0.3 is 0 Å². The molecule has 0 aromatic heterocycles. The minimum absolute atomic E-state index is 0.0682. The molecular weight excluding hydrogens is 348 g/mol. The number of Topliss-reactive ketones (excluding diaryl/α,β-unsaturated/α-hetero) is 1. The van der Waals surface area contributed by atoms with Crippen molar-refractivity contribution in [3.63, 3.8) is 0 Å². The van der Waals surface area contributed by atoms with Crippen LogP contribution >= 0.6 is 0 Å². The van der Waals surface area contributed by atoms with Gasteiger partial charge in [0.1, 0.15) is 17.6 Å². The maximum absolute atomic E-state index is 11.2. The van der Waals surface area contributed by atoms with Crippen LogP contribution in [-0.4, -0.2) is 25.6 Å². The van der Waals surface area contributed by atoms with Gasteiger partial charge in [0.15, 0.2) is 0 Å². The molecule has 2 aromatic carbocycles. The lowest BCUT2D eigenvalue weighted by molar-refractivity contribution is -0.117. The van der Waals surface area contributed by atoms with Crippen LogP contribution in [0.15, 0.2) is 48.5 Å². The van der Waals surface area contributed by atoms with Gasteiger partial charge in [0.2, 0.25) is 0 Å². The van der Waals surface area contributed by atoms with E-state index in [0.29, 0.717) is 18.9 Å². The predicted molar refractivity (Wildman–Crippen MR) is 114 cm³/mol. The van der Waals surface area contributed by atoms with E-state index in [4.69, 9.17) is 9.47 Å². The van der Waals surface area contributed by atoms with E-state index >= 15 is 0 Å². The van der Waals surface area contributed by atoms with Crippen molar-refractivity contribution in [2.75, 3.05) is 13.7 Å². The molecule has 0 heterocycles. The molecular formula is C25H30O3. The summed E-state index contributed by atoms with van der Waals surface area (Å²) in [6, 6.07) is 16.1. The highest BCUT2D eigenvalue weighted by Gasteiger charge is 2.07. The van der Waals surface area contributed by atoms with Crippen LogP contribution in [0, 0.1) is 17.8 Å². The summed E-state index contributed by atoms with van der Waals surface area (Å²) >= 11 is 0. The van der Waals surface area contributed by atoms with Gasteiger partial charge in [-0.1, -0.05) is 37.8 Å². The monoisotopic (exact) mass is 378 g/mol. The first kappa shape index (κ1) is 21.7. The van der Waals surface area contributed by atoms with E-state index in [1.54, 1.807) is 14.0 Å². The Balaban J connectivity index is 1.94. The lowest BCUT2D eigenvalue weighted by Gasteiger charge is -2.16. The average molecular weight is 379 g/mol. The maximum Gasteiger partial charge on any atom is 0.130 e. The first-order valence-electron chi connectivity index (χ1n) is 9.86. The fourth-order valence-electron chi connectivity index (χ4n) is 3.06. The highest BCUT2D eigenvalue weighted by Crippen LogP contribution is 2.16. The molecule has 0 saturated heterocycles. The van der Waals surface area contributed by atoms with E-state index < -0.39 is 0 Å². The minimum atomic E-state index is 0.0682. The first-order valence-corrected chi connectivity index (χ1v) is 9.86. The van der Waals surface area contributed by atoms with Crippen molar-refractivity contribution in [2.45, 2.75) is 46.1 Å². The molecule has 28 heavy (non-hydrogen) atoms. The zero-order valence-electron chi connectivity index (χ0n) is 17.3. The Kier molecular flexibility index (Phi) is 8.78. The summed E-state index contributed by atoms with van der Waals surface area (Å²) in [5.41, 5.74) is 3.17. The number of rotatable bonds is 9. The molecule has 3 heteroatoms. The largest absolute Gasteiger partial charge is 0.488 e. The standard InChI is InChI=1S/C25H30O3/c1-5-24(18-27-4)28-25-14-12-22(13-15-25)7-6-21-8-10-23(11-9-21)17-19(2)16-20(3)26/h8-15,19,24H,5,16-18H2,1-4H3. The van der Waals surface area contributed by atoms with Crippen molar-refractivity contribution in [1.29, 1.82) is 0 Å². The number of benzene rings is 2. The minimum Gasteiger partial charge on any atom is -0.488 e. The van der Waals surface area contributed by atoms with E-state index in [-0.39, 0.29) is 11.9 Å². The second-order valence-electron chi connectivity index (χ2n) is 7.29. The lowest BCUT2D eigenvalue weighted by Crippen LogP contribution is -2.21. The van der Waals surface area contributed by atoms with Crippen molar-refractivity contribution in [2.24, 2.45) is 5.92 Å². The molecule has 0 fully saturated rings. The molecule has 0 aliphatic heterocycles. The predicted octanol–water partition coefficient (Wildman–Crippen LogP) is 5.05. The van der Waals surface area contributed by atoms with Gasteiger partial charge in [0, 0.05) is 24.7 Å². The molecule has 0 spiro atoms. The third kappa shape index (κ3) is 7.58. The quantitative estimate of drug-likeness (QED) is 0.573. The molecule has 0 saturated carbocycles. The molecule has 0 amide bonds. The Hall–Kier alpha value is -2.57. The summed E-state index contributed by atoms with van der Waals surface area (Å²) in [5, 5.41) is 0. The normalized spacial score (nSPS) is 12.6. The van der Waals surface area contributed by atoms with Gasteiger partial charge in [-0.25, -0.2) is 0 Å². The van der Waals surface area contributed by atoms with Crippen LogP contribution in [0.3, 0.4) is 0 Å². The average Bonchev–Trinajstić information content (AvgIpc) is 2.67. The summed E-state index contributed by atoms with van der Waals surface area (Å²) in [4.78, 5) is 11.2. The topological polar surface area (TPSA) is 35.5 Å². The van der Waals surface area contributed by atoms with E-state index in [1.165, 1.54) is 5.56 Å². The second kappa shape index (κ2) is 11.3. The smallest absolute Gasteiger partial charge is 0.130 e. The van der Waals surface area contributed by atoms with Crippen LogP contribution in [0.1, 0.15) is 50.3 Å². The van der Waals surface area contributed by atoms with Gasteiger partial charge in [-0.3, -0.25) is 0 Å². The van der Waals surface area contributed by atoms with Gasteiger partial charge in [-0.05, 0) is 67.6 Å². The Morgan fingerprint density at radius 1 is 1.00 bits per heavy atom. The Morgan fingerprint density at radius 3 is 2.07 bits per heavy atom. The number of ketones is 1. The summed E-state index contributed by atoms with van der Waals surface area (Å²) in [6.07, 6.45) is 2.51. The molecule has 3 nitrogen and oxygen atoms in total. The Labute approximate surface area is 169 Å². The third-order valence-corrected chi connectivity index (χ3v) is 4.49. The highest BCUT2D eigenvalue weighted by atomic mass is 16.5. The molecule has 0 radical (unpaired) electrons. The van der Waals surface area contributed by atoms with Crippen LogP contribution in [0.4, 0.5) is 0 Å². The number of carbonyl (C=O) groups is 1. The van der Waals surface area contributed by atoms with E-state index in [2.05, 4.69) is 37.8 Å². The van der Waals surface area contributed by atoms with Crippen molar-refractivity contribution in [3.05, 3.63) is 65.2 Å². The third-order valence-electron chi connectivity index (χ3n) is 4.49. The molecule has 2 rings (SSSR count). The van der Waals surface area contributed by atoms with E-state index in [1.807, 2.05) is 36.4 Å². The number of carbonyl (C=O) groups excluding carboxylic acids is 1. The molecule has 0 aliphatic rings. The molecule has 0 N–H and O–H groups in total. The second-order valence-corrected chi connectivity index (χ2v) is 7.29. The number of ether oxygens (including phenoxy) is 2. The lowest BCUT2D eigenvalue weighted by atomic mass is 9.96. The van der Waals surface area contributed by atoms with Crippen LogP contribution < -0.4 is 4.74 Å². The summed E-state index contributed by atoms with van der Waals surface area (Å²) in [7, 11) is 1.68. The summed E-state index contributed by atoms with van der Waals surface area (Å²) in [5.74, 6) is 7.84. The van der Waals surface area contributed by atoms with Gasteiger partial charge in [0.25, 0.3) is 0 Å². The van der Waals surface area contributed by atoms with Crippen LogP contribution in [0.5, 0.6) is 5.75 Å². The van der Waals surface area contributed by atoms with Gasteiger partial charge in [-0.2, -0.15) is 0 Å². The fourth-order valence-corrected chi connectivity index (χ4v) is 3.06. The van der Waals surface area contributed by atoms with Gasteiger partial charge in [0.05, 0.1) is 6.61 Å². The van der Waals surface area contributed by atoms with Crippen molar-refractivity contribution in [3.8, 4) is 17.6 Å². The fraction of sp³-hybridized carbons (Fsp3) is 0.400. The molecule has 2 unspecified atom stereocenters.